The molecular weight excluding hydrogens is 372 g/mol. The number of amides is 1. The Labute approximate surface area is 176 Å². The molecule has 4 heterocycles. The van der Waals surface area contributed by atoms with Crippen molar-refractivity contribution in [2.24, 2.45) is 0 Å². The number of benzene rings is 2. The average Bonchev–Trinajstić information content (AvgIpc) is 3.24. The van der Waals surface area contributed by atoms with Gasteiger partial charge in [0.05, 0.1) is 16.8 Å². The molecule has 3 aliphatic rings. The molecular formula is C25H26N4O. The molecule has 0 aliphatic carbocycles. The predicted octanol–water partition coefficient (Wildman–Crippen LogP) is 3.37. The number of nitrogens with zero attached hydrogens (tertiary/aromatic N) is 3. The summed E-state index contributed by atoms with van der Waals surface area (Å²) in [4.78, 5) is 22.7. The highest BCUT2D eigenvalue weighted by Gasteiger charge is 2.40. The number of nitrogens with one attached hydrogen (secondary N) is 1. The third-order valence-electron chi connectivity index (χ3n) is 6.94. The van der Waals surface area contributed by atoms with Crippen LogP contribution in [-0.2, 0) is 13.0 Å². The molecule has 1 amide bonds. The van der Waals surface area contributed by atoms with E-state index in [9.17, 15) is 4.79 Å². The first-order valence-electron chi connectivity index (χ1n) is 11.0. The van der Waals surface area contributed by atoms with Crippen LogP contribution in [-0.4, -0.2) is 47.5 Å². The van der Waals surface area contributed by atoms with Crippen LogP contribution < -0.4 is 10.2 Å². The molecule has 1 N–H and O–H groups in total. The highest BCUT2D eigenvalue weighted by molar-refractivity contribution is 6.04. The monoisotopic (exact) mass is 398 g/mol. The van der Waals surface area contributed by atoms with E-state index in [4.69, 9.17) is 4.98 Å². The van der Waals surface area contributed by atoms with E-state index in [0.717, 1.165) is 47.4 Å². The molecule has 2 saturated heterocycles. The SMILES string of the molecule is O=C1c2c(cccc2N2C3CCC2CNC3)CN1CCc1ccc2ccccc2n1. The molecule has 2 fully saturated rings. The molecule has 0 spiro atoms. The fourth-order valence-electron chi connectivity index (χ4n) is 5.47. The third-order valence-corrected chi connectivity index (χ3v) is 6.94. The number of fused-ring (bicyclic) bond motifs is 4. The normalized spacial score (nSPS) is 22.7. The minimum atomic E-state index is 0.180. The van der Waals surface area contributed by atoms with Gasteiger partial charge in [0.15, 0.2) is 0 Å². The van der Waals surface area contributed by atoms with Gasteiger partial charge in [0, 0.05) is 55.8 Å². The number of piperazine rings is 1. The quantitative estimate of drug-likeness (QED) is 0.732. The molecule has 0 radical (unpaired) electrons. The lowest BCUT2D eigenvalue weighted by Gasteiger charge is -2.38. The van der Waals surface area contributed by atoms with Gasteiger partial charge in [-0.1, -0.05) is 36.4 Å². The van der Waals surface area contributed by atoms with Gasteiger partial charge in [-0.2, -0.15) is 0 Å². The molecule has 3 aromatic rings. The third kappa shape index (κ3) is 2.88. The van der Waals surface area contributed by atoms with Crippen molar-refractivity contribution in [3.8, 4) is 0 Å². The van der Waals surface area contributed by atoms with Crippen molar-refractivity contribution >= 4 is 22.5 Å². The molecule has 2 unspecified atom stereocenters. The summed E-state index contributed by atoms with van der Waals surface area (Å²) in [6.45, 7) is 3.45. The minimum absolute atomic E-state index is 0.180. The molecule has 2 bridgehead atoms. The van der Waals surface area contributed by atoms with Crippen LogP contribution in [0.4, 0.5) is 5.69 Å². The Bertz CT molecular complexity index is 1110. The van der Waals surface area contributed by atoms with Gasteiger partial charge < -0.3 is 15.1 Å². The maximum atomic E-state index is 13.4. The zero-order chi connectivity index (χ0) is 20.1. The van der Waals surface area contributed by atoms with E-state index in [0.29, 0.717) is 25.2 Å². The van der Waals surface area contributed by atoms with Crippen LogP contribution in [0.25, 0.3) is 10.9 Å². The molecule has 30 heavy (non-hydrogen) atoms. The van der Waals surface area contributed by atoms with Crippen molar-refractivity contribution in [1.29, 1.82) is 0 Å². The van der Waals surface area contributed by atoms with E-state index < -0.39 is 0 Å². The first-order valence-corrected chi connectivity index (χ1v) is 11.0. The van der Waals surface area contributed by atoms with Gasteiger partial charge in [0.2, 0.25) is 0 Å². The van der Waals surface area contributed by atoms with Crippen molar-refractivity contribution in [2.75, 3.05) is 24.5 Å². The number of carbonyl (C=O) groups excluding carboxylic acids is 1. The van der Waals surface area contributed by atoms with Crippen molar-refractivity contribution in [2.45, 2.75) is 37.9 Å². The highest BCUT2D eigenvalue weighted by Crippen LogP contribution is 2.38. The Kier molecular flexibility index (Phi) is 4.23. The van der Waals surface area contributed by atoms with E-state index >= 15 is 0 Å². The molecule has 2 aromatic carbocycles. The minimum Gasteiger partial charge on any atom is -0.362 e. The Hall–Kier alpha value is -2.92. The highest BCUT2D eigenvalue weighted by atomic mass is 16.2. The van der Waals surface area contributed by atoms with Crippen molar-refractivity contribution < 1.29 is 4.79 Å². The summed E-state index contributed by atoms with van der Waals surface area (Å²) in [7, 11) is 0. The van der Waals surface area contributed by atoms with E-state index in [-0.39, 0.29) is 5.91 Å². The van der Waals surface area contributed by atoms with E-state index in [2.05, 4.69) is 46.6 Å². The van der Waals surface area contributed by atoms with Crippen molar-refractivity contribution in [1.82, 2.24) is 15.2 Å². The number of hydrogen-bond donors (Lipinski definition) is 1. The van der Waals surface area contributed by atoms with Crippen LogP contribution >= 0.6 is 0 Å². The van der Waals surface area contributed by atoms with Crippen LogP contribution in [0.5, 0.6) is 0 Å². The molecule has 5 nitrogen and oxygen atoms in total. The number of carbonyl (C=O) groups is 1. The standard InChI is InChI=1S/C25H26N4O/c30-25-24-18(5-3-7-23(24)29-20-10-11-21(29)15-26-14-20)16-28(25)13-12-19-9-8-17-4-1-2-6-22(17)27-19/h1-9,20-21,26H,10-16H2. The second-order valence-electron chi connectivity index (χ2n) is 8.73. The molecule has 1 aromatic heterocycles. The summed E-state index contributed by atoms with van der Waals surface area (Å²) in [5, 5.41) is 4.70. The topological polar surface area (TPSA) is 48.5 Å². The first kappa shape index (κ1) is 17.9. The number of hydrogen-bond acceptors (Lipinski definition) is 4. The Morgan fingerprint density at radius 3 is 2.67 bits per heavy atom. The number of rotatable bonds is 4. The van der Waals surface area contributed by atoms with E-state index in [1.807, 2.05) is 23.1 Å². The van der Waals surface area contributed by atoms with Gasteiger partial charge in [0.1, 0.15) is 0 Å². The second-order valence-corrected chi connectivity index (χ2v) is 8.73. The van der Waals surface area contributed by atoms with Crippen LogP contribution in [0.15, 0.2) is 54.6 Å². The number of para-hydroxylation sites is 1. The summed E-state index contributed by atoms with van der Waals surface area (Å²) in [5.41, 5.74) is 5.31. The fourth-order valence-corrected chi connectivity index (χ4v) is 5.47. The zero-order valence-electron chi connectivity index (χ0n) is 17.1. The van der Waals surface area contributed by atoms with Crippen LogP contribution in [0.2, 0.25) is 0 Å². The predicted molar refractivity (Wildman–Crippen MR) is 119 cm³/mol. The largest absolute Gasteiger partial charge is 0.362 e. The summed E-state index contributed by atoms with van der Waals surface area (Å²) in [6.07, 6.45) is 3.21. The van der Waals surface area contributed by atoms with Gasteiger partial charge in [-0.3, -0.25) is 9.78 Å². The zero-order valence-corrected chi connectivity index (χ0v) is 17.1. The smallest absolute Gasteiger partial charge is 0.256 e. The lowest BCUT2D eigenvalue weighted by molar-refractivity contribution is 0.0780. The second kappa shape index (κ2) is 7.10. The number of pyridine rings is 1. The summed E-state index contributed by atoms with van der Waals surface area (Å²) < 4.78 is 0. The van der Waals surface area contributed by atoms with Gasteiger partial charge in [-0.05, 0) is 36.6 Å². The van der Waals surface area contributed by atoms with Crippen molar-refractivity contribution in [3.05, 3.63) is 71.4 Å². The van der Waals surface area contributed by atoms with E-state index in [1.54, 1.807) is 0 Å². The average molecular weight is 399 g/mol. The van der Waals surface area contributed by atoms with Gasteiger partial charge >= 0.3 is 0 Å². The Morgan fingerprint density at radius 2 is 1.80 bits per heavy atom. The lowest BCUT2D eigenvalue weighted by atomic mass is 10.0. The molecule has 5 heteroatoms. The first-order chi connectivity index (χ1) is 14.8. The molecule has 6 rings (SSSR count). The lowest BCUT2D eigenvalue weighted by Crippen LogP contribution is -2.52. The Morgan fingerprint density at radius 1 is 0.967 bits per heavy atom. The molecule has 3 aliphatic heterocycles. The molecule has 0 saturated carbocycles. The van der Waals surface area contributed by atoms with Crippen LogP contribution in [0.3, 0.4) is 0 Å². The maximum Gasteiger partial charge on any atom is 0.256 e. The fraction of sp³-hybridized carbons (Fsp3) is 0.360. The molecule has 2 atom stereocenters. The molecule has 152 valence electrons. The van der Waals surface area contributed by atoms with Crippen molar-refractivity contribution in [3.63, 3.8) is 0 Å². The van der Waals surface area contributed by atoms with Crippen LogP contribution in [0, 0.1) is 0 Å². The van der Waals surface area contributed by atoms with Gasteiger partial charge in [0.25, 0.3) is 5.91 Å². The summed E-state index contributed by atoms with van der Waals surface area (Å²) in [5.74, 6) is 0.180. The summed E-state index contributed by atoms with van der Waals surface area (Å²) in [6, 6.07) is 19.8. The summed E-state index contributed by atoms with van der Waals surface area (Å²) >= 11 is 0. The number of anilines is 1. The maximum absolute atomic E-state index is 13.4. The Balaban J connectivity index is 1.23. The number of aromatic nitrogens is 1. The van der Waals surface area contributed by atoms with Gasteiger partial charge in [-0.15, -0.1) is 0 Å². The van der Waals surface area contributed by atoms with Crippen LogP contribution in [0.1, 0.15) is 34.5 Å². The van der Waals surface area contributed by atoms with E-state index in [1.165, 1.54) is 18.4 Å². The van der Waals surface area contributed by atoms with Gasteiger partial charge in [-0.25, -0.2) is 0 Å².